The number of nitrogens with zero attached hydrogens (tertiary/aromatic N) is 1. The van der Waals surface area contributed by atoms with Gasteiger partial charge in [0.25, 0.3) is 0 Å². The van der Waals surface area contributed by atoms with Gasteiger partial charge in [-0.05, 0) is 18.6 Å². The van der Waals surface area contributed by atoms with Crippen molar-refractivity contribution in [2.24, 2.45) is 5.92 Å². The molecule has 5 atom stereocenters. The molecule has 1 aliphatic rings. The van der Waals surface area contributed by atoms with Gasteiger partial charge in [-0.1, -0.05) is 31.7 Å². The second kappa shape index (κ2) is 8.48. The van der Waals surface area contributed by atoms with E-state index in [0.717, 1.165) is 11.4 Å². The summed E-state index contributed by atoms with van der Waals surface area (Å²) in [4.78, 5) is 27.4. The van der Waals surface area contributed by atoms with Gasteiger partial charge in [-0.15, -0.1) is 0 Å². The van der Waals surface area contributed by atoms with Crippen molar-refractivity contribution in [3.8, 4) is 0 Å². The molecule has 132 valence electrons. The van der Waals surface area contributed by atoms with Gasteiger partial charge in [-0.2, -0.15) is 0 Å². The van der Waals surface area contributed by atoms with Crippen LogP contribution in [0, 0.1) is 5.92 Å². The topological polar surface area (TPSA) is 74.7 Å². The van der Waals surface area contributed by atoms with E-state index in [1.54, 1.807) is 6.20 Å². The highest BCUT2D eigenvalue weighted by atomic mass is 32.2. The fraction of sp³-hybridized carbons (Fsp3) is 0.588. The van der Waals surface area contributed by atoms with Crippen LogP contribution in [-0.2, 0) is 23.8 Å². The number of hydrogen-bond acceptors (Lipinski definition) is 7. The summed E-state index contributed by atoms with van der Waals surface area (Å²) in [6.45, 7) is 6.65. The summed E-state index contributed by atoms with van der Waals surface area (Å²) in [5.41, 5.74) is -0.491. The predicted molar refractivity (Wildman–Crippen MR) is 89.3 cm³/mol. The Balaban J connectivity index is 2.28. The molecule has 7 heteroatoms. The van der Waals surface area contributed by atoms with Gasteiger partial charge in [-0.3, -0.25) is 9.59 Å². The highest BCUT2D eigenvalue weighted by Crippen LogP contribution is 2.38. The predicted octanol–water partition coefficient (Wildman–Crippen LogP) is 2.81. The van der Waals surface area contributed by atoms with Crippen LogP contribution in [0.5, 0.6) is 0 Å². The van der Waals surface area contributed by atoms with Crippen molar-refractivity contribution in [1.29, 1.82) is 0 Å². The zero-order valence-electron chi connectivity index (χ0n) is 14.3. The molecular weight excluding hydrogens is 330 g/mol. The molecular formula is C17H23NO5S. The van der Waals surface area contributed by atoms with E-state index in [2.05, 4.69) is 4.98 Å². The molecule has 0 N–H and O–H groups in total. The first-order valence-electron chi connectivity index (χ1n) is 8.00. The fourth-order valence-electron chi connectivity index (χ4n) is 2.82. The SMILES string of the molecule is CC[C@H]1O[C@H](Sc2ccccn2)[C@H](OC(C)=O)[C@@H](OC(C)=O)[C@@H]1C. The van der Waals surface area contributed by atoms with Crippen molar-refractivity contribution >= 4 is 23.7 Å². The monoisotopic (exact) mass is 353 g/mol. The molecule has 24 heavy (non-hydrogen) atoms. The Hall–Kier alpha value is -1.60. The lowest BCUT2D eigenvalue weighted by atomic mass is 9.89. The Morgan fingerprint density at radius 3 is 2.42 bits per heavy atom. The third-order valence-corrected chi connectivity index (χ3v) is 4.98. The third-order valence-electron chi connectivity index (χ3n) is 3.89. The van der Waals surface area contributed by atoms with Crippen LogP contribution >= 0.6 is 11.8 Å². The van der Waals surface area contributed by atoms with Crippen LogP contribution in [0.1, 0.15) is 34.1 Å². The zero-order valence-corrected chi connectivity index (χ0v) is 15.1. The van der Waals surface area contributed by atoms with E-state index in [1.165, 1.54) is 25.6 Å². The van der Waals surface area contributed by atoms with Crippen LogP contribution in [0.15, 0.2) is 29.4 Å². The average Bonchev–Trinajstić information content (AvgIpc) is 2.53. The minimum Gasteiger partial charge on any atom is -0.458 e. The quantitative estimate of drug-likeness (QED) is 0.754. The summed E-state index contributed by atoms with van der Waals surface area (Å²) in [7, 11) is 0. The molecule has 1 aromatic rings. The second-order valence-electron chi connectivity index (χ2n) is 5.74. The molecule has 0 saturated carbocycles. The first-order valence-corrected chi connectivity index (χ1v) is 8.88. The Labute approximate surface area is 146 Å². The van der Waals surface area contributed by atoms with Crippen molar-refractivity contribution < 1.29 is 23.8 Å². The molecule has 0 radical (unpaired) electrons. The van der Waals surface area contributed by atoms with E-state index in [4.69, 9.17) is 14.2 Å². The summed E-state index contributed by atoms with van der Waals surface area (Å²) >= 11 is 1.36. The van der Waals surface area contributed by atoms with Gasteiger partial charge in [-0.25, -0.2) is 4.98 Å². The number of carbonyl (C=O) groups excluding carboxylic acids is 2. The lowest BCUT2D eigenvalue weighted by Crippen LogP contribution is -2.55. The van der Waals surface area contributed by atoms with Crippen LogP contribution in [0.3, 0.4) is 0 Å². The van der Waals surface area contributed by atoms with Crippen LogP contribution in [0.25, 0.3) is 0 Å². The maximum absolute atomic E-state index is 11.6. The Kier molecular flexibility index (Phi) is 6.62. The van der Waals surface area contributed by atoms with Crippen LogP contribution in [-0.4, -0.2) is 40.7 Å². The summed E-state index contributed by atoms with van der Waals surface area (Å²) in [5, 5.41) is 0.755. The largest absolute Gasteiger partial charge is 0.458 e. The standard InChI is InChI=1S/C17H23NO5S/c1-5-13-10(2)15(21-11(3)19)16(22-12(4)20)17(23-13)24-14-8-6-7-9-18-14/h6-10,13,15-17H,5H2,1-4H3/t10-,13-,15+,16-,17-/m1/s1. The highest BCUT2D eigenvalue weighted by Gasteiger charge is 2.47. The van der Waals surface area contributed by atoms with Gasteiger partial charge in [0.2, 0.25) is 0 Å². The number of thioether (sulfide) groups is 1. The van der Waals surface area contributed by atoms with Crippen molar-refractivity contribution in [2.75, 3.05) is 0 Å². The number of rotatable bonds is 5. The van der Waals surface area contributed by atoms with Crippen LogP contribution < -0.4 is 0 Å². The second-order valence-corrected chi connectivity index (χ2v) is 6.86. The summed E-state index contributed by atoms with van der Waals surface area (Å²) in [6.07, 6.45) is 1.13. The highest BCUT2D eigenvalue weighted by molar-refractivity contribution is 7.99. The number of esters is 2. The molecule has 0 bridgehead atoms. The Morgan fingerprint density at radius 1 is 1.21 bits per heavy atom. The number of ether oxygens (including phenoxy) is 3. The average molecular weight is 353 g/mol. The van der Waals surface area contributed by atoms with Crippen LogP contribution in [0.2, 0.25) is 0 Å². The third kappa shape index (κ3) is 4.70. The van der Waals surface area contributed by atoms with Gasteiger partial charge in [0.15, 0.2) is 6.10 Å². The van der Waals surface area contributed by atoms with Crippen molar-refractivity contribution in [3.05, 3.63) is 24.4 Å². The maximum atomic E-state index is 11.6. The lowest BCUT2D eigenvalue weighted by molar-refractivity contribution is -0.207. The molecule has 0 spiro atoms. The Morgan fingerprint density at radius 2 is 1.88 bits per heavy atom. The van der Waals surface area contributed by atoms with E-state index in [9.17, 15) is 9.59 Å². The van der Waals surface area contributed by atoms with E-state index < -0.39 is 29.6 Å². The maximum Gasteiger partial charge on any atom is 0.303 e. The summed E-state index contributed by atoms with van der Waals surface area (Å²) in [5.74, 6) is -0.916. The molecule has 1 saturated heterocycles. The lowest BCUT2D eigenvalue weighted by Gasteiger charge is -2.43. The normalized spacial score (nSPS) is 29.8. The van der Waals surface area contributed by atoms with E-state index in [1.807, 2.05) is 32.0 Å². The number of carbonyl (C=O) groups is 2. The molecule has 0 aromatic carbocycles. The Bertz CT molecular complexity index is 567. The van der Waals surface area contributed by atoms with Gasteiger partial charge in [0, 0.05) is 26.0 Å². The number of pyridine rings is 1. The molecule has 0 unspecified atom stereocenters. The zero-order chi connectivity index (χ0) is 17.7. The molecule has 2 heterocycles. The van der Waals surface area contributed by atoms with Crippen LogP contribution in [0.4, 0.5) is 0 Å². The smallest absolute Gasteiger partial charge is 0.303 e. The van der Waals surface area contributed by atoms with Crippen molar-refractivity contribution in [1.82, 2.24) is 4.98 Å². The van der Waals surface area contributed by atoms with Gasteiger partial charge >= 0.3 is 11.9 Å². The number of hydrogen-bond donors (Lipinski definition) is 0. The summed E-state index contributed by atoms with van der Waals surface area (Å²) < 4.78 is 17.1. The molecule has 0 aliphatic carbocycles. The molecule has 0 amide bonds. The molecule has 6 nitrogen and oxygen atoms in total. The van der Waals surface area contributed by atoms with E-state index in [-0.39, 0.29) is 12.0 Å². The van der Waals surface area contributed by atoms with Gasteiger partial charge < -0.3 is 14.2 Å². The minimum absolute atomic E-state index is 0.0798. The molecule has 1 fully saturated rings. The molecule has 1 aromatic heterocycles. The van der Waals surface area contributed by atoms with E-state index in [0.29, 0.717) is 0 Å². The number of aromatic nitrogens is 1. The van der Waals surface area contributed by atoms with Gasteiger partial charge in [0.05, 0.1) is 11.1 Å². The van der Waals surface area contributed by atoms with E-state index >= 15 is 0 Å². The molecule has 2 rings (SSSR count). The first kappa shape index (κ1) is 18.7. The van der Waals surface area contributed by atoms with Gasteiger partial charge in [0.1, 0.15) is 11.5 Å². The molecule has 1 aliphatic heterocycles. The van der Waals surface area contributed by atoms with Crippen molar-refractivity contribution in [3.63, 3.8) is 0 Å². The minimum atomic E-state index is -0.684. The first-order chi connectivity index (χ1) is 11.4. The van der Waals surface area contributed by atoms with Crippen molar-refractivity contribution in [2.45, 2.75) is 62.9 Å². The summed E-state index contributed by atoms with van der Waals surface area (Å²) in [6, 6.07) is 5.56. The fourth-order valence-corrected chi connectivity index (χ4v) is 3.88.